The Labute approximate surface area is 101 Å². The Kier molecular flexibility index (Phi) is 5.22. The Bertz CT molecular complexity index is 185. The van der Waals surface area contributed by atoms with Gasteiger partial charge in [-0.05, 0) is 52.9 Å². The largest absolute Gasteiger partial charge is 0.329 e. The van der Waals surface area contributed by atoms with Crippen LogP contribution in [0.1, 0.15) is 39.5 Å². The molecule has 0 spiro atoms. The summed E-state index contributed by atoms with van der Waals surface area (Å²) in [6.07, 6.45) is 4.88. The molecule has 0 aliphatic carbocycles. The first-order chi connectivity index (χ1) is 7.59. The van der Waals surface area contributed by atoms with Crippen LogP contribution in [0.5, 0.6) is 0 Å². The zero-order valence-electron chi connectivity index (χ0n) is 11.5. The van der Waals surface area contributed by atoms with Gasteiger partial charge in [-0.15, -0.1) is 0 Å². The van der Waals surface area contributed by atoms with Gasteiger partial charge >= 0.3 is 0 Å². The average Bonchev–Trinajstić information content (AvgIpc) is 2.33. The minimum Gasteiger partial charge on any atom is -0.329 e. The van der Waals surface area contributed by atoms with Gasteiger partial charge in [0.15, 0.2) is 0 Å². The molecule has 16 heavy (non-hydrogen) atoms. The smallest absolute Gasteiger partial charge is 0.0326 e. The molecular formula is C13H29N3. The SMILES string of the molecule is CCC(CC)(CN)N(C)C1CCN(C)CC1. The highest BCUT2D eigenvalue weighted by molar-refractivity contribution is 4.92. The third kappa shape index (κ3) is 2.76. The standard InChI is InChI=1S/C13H29N3/c1-5-13(6-2,11-14)16(4)12-7-9-15(3)10-8-12/h12H,5-11,14H2,1-4H3. The monoisotopic (exact) mass is 227 g/mol. The number of nitrogens with two attached hydrogens (primary N) is 1. The number of nitrogens with zero attached hydrogens (tertiary/aromatic N) is 2. The van der Waals surface area contributed by atoms with Crippen molar-refractivity contribution in [2.24, 2.45) is 5.73 Å². The minimum absolute atomic E-state index is 0.223. The summed E-state index contributed by atoms with van der Waals surface area (Å²) in [5.74, 6) is 0. The lowest BCUT2D eigenvalue weighted by Crippen LogP contribution is -2.57. The fourth-order valence-corrected chi connectivity index (χ4v) is 2.95. The lowest BCUT2D eigenvalue weighted by Gasteiger charge is -2.47. The van der Waals surface area contributed by atoms with E-state index < -0.39 is 0 Å². The third-order valence-corrected chi connectivity index (χ3v) is 4.68. The second-order valence-corrected chi connectivity index (χ2v) is 5.28. The van der Waals surface area contributed by atoms with E-state index in [-0.39, 0.29) is 5.54 Å². The zero-order chi connectivity index (χ0) is 12.2. The van der Waals surface area contributed by atoms with Crippen LogP contribution in [0.4, 0.5) is 0 Å². The van der Waals surface area contributed by atoms with Crippen LogP contribution in [0.25, 0.3) is 0 Å². The number of hydrogen-bond acceptors (Lipinski definition) is 3. The summed E-state index contributed by atoms with van der Waals surface area (Å²) in [5.41, 5.74) is 6.23. The predicted octanol–water partition coefficient (Wildman–Crippen LogP) is 1.53. The first-order valence-electron chi connectivity index (χ1n) is 6.71. The fraction of sp³-hybridized carbons (Fsp3) is 1.00. The summed E-state index contributed by atoms with van der Waals surface area (Å²) in [5, 5.41) is 0. The minimum atomic E-state index is 0.223. The molecule has 0 atom stereocenters. The van der Waals surface area contributed by atoms with Crippen molar-refractivity contribution in [1.29, 1.82) is 0 Å². The molecule has 0 bridgehead atoms. The van der Waals surface area contributed by atoms with E-state index in [1.165, 1.54) is 25.9 Å². The van der Waals surface area contributed by atoms with E-state index in [2.05, 4.69) is 37.7 Å². The molecule has 0 amide bonds. The van der Waals surface area contributed by atoms with Crippen molar-refractivity contribution in [3.05, 3.63) is 0 Å². The zero-order valence-corrected chi connectivity index (χ0v) is 11.5. The summed E-state index contributed by atoms with van der Waals surface area (Å²) >= 11 is 0. The van der Waals surface area contributed by atoms with Crippen molar-refractivity contribution in [1.82, 2.24) is 9.80 Å². The Balaban J connectivity index is 2.64. The molecule has 0 aromatic heterocycles. The lowest BCUT2D eigenvalue weighted by molar-refractivity contribution is 0.0376. The Morgan fingerprint density at radius 2 is 1.75 bits per heavy atom. The van der Waals surface area contributed by atoms with Crippen LogP contribution < -0.4 is 5.73 Å². The van der Waals surface area contributed by atoms with E-state index in [1.54, 1.807) is 0 Å². The maximum absolute atomic E-state index is 6.01. The van der Waals surface area contributed by atoms with Gasteiger partial charge in [0.05, 0.1) is 0 Å². The van der Waals surface area contributed by atoms with Crippen LogP contribution in [0.15, 0.2) is 0 Å². The van der Waals surface area contributed by atoms with E-state index >= 15 is 0 Å². The molecule has 0 unspecified atom stereocenters. The van der Waals surface area contributed by atoms with E-state index in [0.717, 1.165) is 25.4 Å². The molecule has 1 heterocycles. The molecule has 0 radical (unpaired) electrons. The molecule has 3 nitrogen and oxygen atoms in total. The number of rotatable bonds is 5. The second-order valence-electron chi connectivity index (χ2n) is 5.28. The number of likely N-dealkylation sites (N-methyl/N-ethyl adjacent to an activating group) is 1. The average molecular weight is 227 g/mol. The highest BCUT2D eigenvalue weighted by Crippen LogP contribution is 2.27. The third-order valence-electron chi connectivity index (χ3n) is 4.68. The first-order valence-corrected chi connectivity index (χ1v) is 6.71. The Hall–Kier alpha value is -0.120. The highest BCUT2D eigenvalue weighted by atomic mass is 15.2. The van der Waals surface area contributed by atoms with Crippen molar-refractivity contribution in [3.8, 4) is 0 Å². The van der Waals surface area contributed by atoms with Crippen LogP contribution in [0, 0.1) is 0 Å². The van der Waals surface area contributed by atoms with Crippen LogP contribution in [0.2, 0.25) is 0 Å². The molecule has 0 saturated carbocycles. The molecule has 1 saturated heterocycles. The van der Waals surface area contributed by atoms with E-state index in [4.69, 9.17) is 5.73 Å². The molecule has 1 rings (SSSR count). The molecule has 1 aliphatic heterocycles. The molecule has 0 aromatic rings. The summed E-state index contributed by atoms with van der Waals surface area (Å²) in [6.45, 7) is 7.76. The van der Waals surface area contributed by atoms with Crippen LogP contribution >= 0.6 is 0 Å². The molecule has 1 fully saturated rings. The van der Waals surface area contributed by atoms with Crippen LogP contribution in [-0.4, -0.2) is 55.1 Å². The van der Waals surface area contributed by atoms with Gasteiger partial charge in [0.2, 0.25) is 0 Å². The lowest BCUT2D eigenvalue weighted by atomic mass is 9.88. The fourth-order valence-electron chi connectivity index (χ4n) is 2.95. The molecule has 3 heteroatoms. The molecule has 0 aromatic carbocycles. The van der Waals surface area contributed by atoms with Crippen molar-refractivity contribution in [3.63, 3.8) is 0 Å². The number of likely N-dealkylation sites (tertiary alicyclic amines) is 1. The number of hydrogen-bond donors (Lipinski definition) is 1. The highest BCUT2D eigenvalue weighted by Gasteiger charge is 2.34. The van der Waals surface area contributed by atoms with Gasteiger partial charge in [-0.2, -0.15) is 0 Å². The van der Waals surface area contributed by atoms with Crippen molar-refractivity contribution in [2.45, 2.75) is 51.1 Å². The quantitative estimate of drug-likeness (QED) is 0.773. The van der Waals surface area contributed by atoms with Gasteiger partial charge in [0.1, 0.15) is 0 Å². The van der Waals surface area contributed by atoms with Crippen LogP contribution in [-0.2, 0) is 0 Å². The summed E-state index contributed by atoms with van der Waals surface area (Å²) in [7, 11) is 4.49. The molecule has 1 aliphatic rings. The van der Waals surface area contributed by atoms with Crippen molar-refractivity contribution in [2.75, 3.05) is 33.7 Å². The van der Waals surface area contributed by atoms with Crippen molar-refractivity contribution >= 4 is 0 Å². The summed E-state index contributed by atoms with van der Waals surface area (Å²) < 4.78 is 0. The Morgan fingerprint density at radius 3 is 2.12 bits per heavy atom. The van der Waals surface area contributed by atoms with E-state index in [0.29, 0.717) is 0 Å². The maximum atomic E-state index is 6.01. The molecule has 96 valence electrons. The van der Waals surface area contributed by atoms with Crippen molar-refractivity contribution < 1.29 is 0 Å². The van der Waals surface area contributed by atoms with Gasteiger partial charge in [-0.3, -0.25) is 4.90 Å². The molecular weight excluding hydrogens is 198 g/mol. The molecule has 2 N–H and O–H groups in total. The van der Waals surface area contributed by atoms with Gasteiger partial charge in [-0.1, -0.05) is 13.8 Å². The van der Waals surface area contributed by atoms with E-state index in [1.807, 2.05) is 0 Å². The first kappa shape index (κ1) is 13.9. The summed E-state index contributed by atoms with van der Waals surface area (Å²) in [4.78, 5) is 4.99. The second kappa shape index (κ2) is 5.99. The summed E-state index contributed by atoms with van der Waals surface area (Å²) in [6, 6.07) is 0.722. The maximum Gasteiger partial charge on any atom is 0.0326 e. The van der Waals surface area contributed by atoms with Gasteiger partial charge in [0.25, 0.3) is 0 Å². The normalized spacial score (nSPS) is 20.6. The Morgan fingerprint density at radius 1 is 1.25 bits per heavy atom. The number of piperidine rings is 1. The topological polar surface area (TPSA) is 32.5 Å². The van der Waals surface area contributed by atoms with Crippen LogP contribution in [0.3, 0.4) is 0 Å². The van der Waals surface area contributed by atoms with Gasteiger partial charge in [-0.25, -0.2) is 0 Å². The van der Waals surface area contributed by atoms with Gasteiger partial charge in [0, 0.05) is 18.1 Å². The predicted molar refractivity (Wildman–Crippen MR) is 70.6 cm³/mol. The van der Waals surface area contributed by atoms with Gasteiger partial charge < -0.3 is 10.6 Å². The van der Waals surface area contributed by atoms with E-state index in [9.17, 15) is 0 Å².